The van der Waals surface area contributed by atoms with Gasteiger partial charge >= 0.3 is 6.09 Å². The number of benzene rings is 2. The van der Waals surface area contributed by atoms with Gasteiger partial charge < -0.3 is 15.7 Å². The normalized spacial score (nSPS) is 11.5. The van der Waals surface area contributed by atoms with E-state index < -0.39 is 18.0 Å². The summed E-state index contributed by atoms with van der Waals surface area (Å²) in [6.07, 6.45) is -1.25. The predicted octanol–water partition coefficient (Wildman–Crippen LogP) is 3.25. The Kier molecular flexibility index (Phi) is 4.78. The van der Waals surface area contributed by atoms with Crippen LogP contribution in [-0.4, -0.2) is 17.1 Å². The minimum absolute atomic E-state index is 0.416. The number of carboxylic acid groups (broad SMARTS) is 1. The molecule has 1 atom stereocenters. The average Bonchev–Trinajstić information content (AvgIpc) is 2.48. The minimum Gasteiger partial charge on any atom is -0.465 e. The molecule has 0 aliphatic carbocycles. The largest absolute Gasteiger partial charge is 0.465 e. The molecule has 0 radical (unpaired) electrons. The smallest absolute Gasteiger partial charge is 0.405 e. The lowest BCUT2D eigenvalue weighted by Crippen LogP contribution is -2.36. The second-order valence-corrected chi connectivity index (χ2v) is 5.10. The molecule has 22 heavy (non-hydrogen) atoms. The van der Waals surface area contributed by atoms with Crippen LogP contribution in [0.1, 0.15) is 22.7 Å². The highest BCUT2D eigenvalue weighted by Crippen LogP contribution is 2.19. The van der Waals surface area contributed by atoms with Gasteiger partial charge in [0.05, 0.1) is 0 Å². The lowest BCUT2D eigenvalue weighted by Gasteiger charge is -2.18. The molecule has 0 aliphatic heterocycles. The van der Waals surface area contributed by atoms with Crippen LogP contribution >= 0.6 is 0 Å². The van der Waals surface area contributed by atoms with Crippen LogP contribution in [0.4, 0.5) is 10.5 Å². The Morgan fingerprint density at radius 1 is 1.05 bits per heavy atom. The van der Waals surface area contributed by atoms with E-state index in [1.54, 1.807) is 24.3 Å². The van der Waals surface area contributed by atoms with Crippen molar-refractivity contribution < 1.29 is 14.7 Å². The maximum atomic E-state index is 12.4. The first-order valence-electron chi connectivity index (χ1n) is 6.90. The Hall–Kier alpha value is -2.82. The molecule has 114 valence electrons. The summed E-state index contributed by atoms with van der Waals surface area (Å²) in [5.41, 5.74) is 3.28. The van der Waals surface area contributed by atoms with Crippen LogP contribution in [0.25, 0.3) is 0 Å². The van der Waals surface area contributed by atoms with E-state index in [2.05, 4.69) is 10.6 Å². The van der Waals surface area contributed by atoms with Crippen LogP contribution < -0.4 is 10.6 Å². The molecule has 2 rings (SSSR count). The van der Waals surface area contributed by atoms with Crippen LogP contribution in [0.3, 0.4) is 0 Å². The highest BCUT2D eigenvalue weighted by atomic mass is 16.4. The van der Waals surface area contributed by atoms with E-state index in [0.29, 0.717) is 11.3 Å². The topological polar surface area (TPSA) is 78.4 Å². The number of anilines is 1. The van der Waals surface area contributed by atoms with Crippen LogP contribution in [0.5, 0.6) is 0 Å². The molecule has 5 heteroatoms. The predicted molar refractivity (Wildman–Crippen MR) is 84.9 cm³/mol. The molecule has 0 bridgehead atoms. The number of hydrogen-bond acceptors (Lipinski definition) is 2. The highest BCUT2D eigenvalue weighted by molar-refractivity contribution is 5.97. The fourth-order valence-corrected chi connectivity index (χ4v) is 2.23. The molecule has 0 saturated carbocycles. The fourth-order valence-electron chi connectivity index (χ4n) is 2.23. The van der Waals surface area contributed by atoms with Gasteiger partial charge in [-0.3, -0.25) is 4.79 Å². The van der Waals surface area contributed by atoms with Crippen molar-refractivity contribution in [3.8, 4) is 0 Å². The summed E-state index contributed by atoms with van der Waals surface area (Å²) < 4.78 is 0. The van der Waals surface area contributed by atoms with E-state index >= 15 is 0 Å². The Bertz CT molecular complexity index is 684. The number of nitrogens with one attached hydrogen (secondary N) is 2. The van der Waals surface area contributed by atoms with Crippen LogP contribution in [0, 0.1) is 13.8 Å². The quantitative estimate of drug-likeness (QED) is 0.810. The van der Waals surface area contributed by atoms with Crippen molar-refractivity contribution in [1.29, 1.82) is 0 Å². The lowest BCUT2D eigenvalue weighted by molar-refractivity contribution is -0.118. The number of hydrogen-bond donors (Lipinski definition) is 3. The van der Waals surface area contributed by atoms with Gasteiger partial charge in [-0.15, -0.1) is 0 Å². The second kappa shape index (κ2) is 6.76. The number of rotatable bonds is 4. The summed E-state index contributed by atoms with van der Waals surface area (Å²) in [7, 11) is 0. The summed E-state index contributed by atoms with van der Waals surface area (Å²) in [5, 5.41) is 14.0. The summed E-state index contributed by atoms with van der Waals surface area (Å²) in [5.74, 6) is -0.416. The SMILES string of the molecule is Cc1ccc(NC(=O)C(NC(=O)O)c2ccccc2)c(C)c1. The Morgan fingerprint density at radius 2 is 1.73 bits per heavy atom. The van der Waals surface area contributed by atoms with Gasteiger partial charge in [0, 0.05) is 5.69 Å². The van der Waals surface area contributed by atoms with Gasteiger partial charge in [0.15, 0.2) is 0 Å². The molecule has 0 spiro atoms. The lowest BCUT2D eigenvalue weighted by atomic mass is 10.1. The molecule has 1 unspecified atom stereocenters. The third-order valence-corrected chi connectivity index (χ3v) is 3.30. The van der Waals surface area contributed by atoms with E-state index in [0.717, 1.165) is 11.1 Å². The number of aryl methyl sites for hydroxylation is 2. The number of amides is 2. The van der Waals surface area contributed by atoms with Crippen molar-refractivity contribution in [3.63, 3.8) is 0 Å². The van der Waals surface area contributed by atoms with Gasteiger partial charge in [0.25, 0.3) is 5.91 Å². The van der Waals surface area contributed by atoms with Crippen molar-refractivity contribution in [2.24, 2.45) is 0 Å². The molecule has 2 aromatic rings. The molecule has 2 aromatic carbocycles. The summed E-state index contributed by atoms with van der Waals surface area (Å²) in [6, 6.07) is 13.5. The average molecular weight is 298 g/mol. The van der Waals surface area contributed by atoms with Crippen molar-refractivity contribution in [2.75, 3.05) is 5.32 Å². The van der Waals surface area contributed by atoms with E-state index in [1.807, 2.05) is 38.1 Å². The van der Waals surface area contributed by atoms with Crippen molar-refractivity contribution in [1.82, 2.24) is 5.32 Å². The zero-order valence-electron chi connectivity index (χ0n) is 12.5. The van der Waals surface area contributed by atoms with Crippen molar-refractivity contribution in [2.45, 2.75) is 19.9 Å². The van der Waals surface area contributed by atoms with Gasteiger partial charge in [-0.05, 0) is 31.0 Å². The maximum absolute atomic E-state index is 12.4. The standard InChI is InChI=1S/C17H18N2O3/c1-11-8-9-14(12(2)10-11)18-16(20)15(19-17(21)22)13-6-4-3-5-7-13/h3-10,15,19H,1-2H3,(H,18,20)(H,21,22). The second-order valence-electron chi connectivity index (χ2n) is 5.10. The molecule has 3 N–H and O–H groups in total. The van der Waals surface area contributed by atoms with E-state index in [4.69, 9.17) is 5.11 Å². The molecule has 0 aromatic heterocycles. The molecule has 5 nitrogen and oxygen atoms in total. The van der Waals surface area contributed by atoms with Crippen LogP contribution in [0.15, 0.2) is 48.5 Å². The van der Waals surface area contributed by atoms with Gasteiger partial charge in [-0.25, -0.2) is 4.79 Å². The highest BCUT2D eigenvalue weighted by Gasteiger charge is 2.22. The molecule has 2 amide bonds. The Balaban J connectivity index is 2.24. The van der Waals surface area contributed by atoms with Crippen LogP contribution in [-0.2, 0) is 4.79 Å². The Labute approximate surface area is 129 Å². The van der Waals surface area contributed by atoms with E-state index in [9.17, 15) is 9.59 Å². The number of carbonyl (C=O) groups is 2. The molecular weight excluding hydrogens is 280 g/mol. The van der Waals surface area contributed by atoms with Crippen molar-refractivity contribution >= 4 is 17.7 Å². The first-order chi connectivity index (χ1) is 10.5. The van der Waals surface area contributed by atoms with Crippen molar-refractivity contribution in [3.05, 3.63) is 65.2 Å². The first-order valence-corrected chi connectivity index (χ1v) is 6.90. The van der Waals surface area contributed by atoms with Gasteiger partial charge in [0.2, 0.25) is 0 Å². The molecule has 0 saturated heterocycles. The molecule has 0 heterocycles. The van der Waals surface area contributed by atoms with Gasteiger partial charge in [-0.2, -0.15) is 0 Å². The summed E-state index contributed by atoms with van der Waals surface area (Å²) >= 11 is 0. The van der Waals surface area contributed by atoms with E-state index in [1.165, 1.54) is 0 Å². The minimum atomic E-state index is -1.25. The molecule has 0 aliphatic rings. The third-order valence-electron chi connectivity index (χ3n) is 3.30. The van der Waals surface area contributed by atoms with Crippen LogP contribution in [0.2, 0.25) is 0 Å². The monoisotopic (exact) mass is 298 g/mol. The molecular formula is C17H18N2O3. The molecule has 0 fully saturated rings. The third kappa shape index (κ3) is 3.85. The zero-order valence-corrected chi connectivity index (χ0v) is 12.5. The fraction of sp³-hybridized carbons (Fsp3) is 0.176. The summed E-state index contributed by atoms with van der Waals surface area (Å²) in [4.78, 5) is 23.4. The zero-order chi connectivity index (χ0) is 16.1. The maximum Gasteiger partial charge on any atom is 0.405 e. The van der Waals surface area contributed by atoms with Gasteiger partial charge in [0.1, 0.15) is 6.04 Å². The first kappa shape index (κ1) is 15.6. The van der Waals surface area contributed by atoms with E-state index in [-0.39, 0.29) is 0 Å². The summed E-state index contributed by atoms with van der Waals surface area (Å²) in [6.45, 7) is 3.86. The Morgan fingerprint density at radius 3 is 2.32 bits per heavy atom. The number of carbonyl (C=O) groups excluding carboxylic acids is 1. The van der Waals surface area contributed by atoms with Gasteiger partial charge in [-0.1, -0.05) is 48.0 Å².